The number of carbonyl (C=O) groups excluding carboxylic acids is 2. The van der Waals surface area contributed by atoms with Crippen LogP contribution in [-0.4, -0.2) is 28.9 Å². The van der Waals surface area contributed by atoms with Crippen molar-refractivity contribution in [3.63, 3.8) is 0 Å². The second-order valence-electron chi connectivity index (χ2n) is 9.83. The Kier molecular flexibility index (Phi) is 7.18. The Labute approximate surface area is 245 Å². The molecule has 0 bridgehead atoms. The summed E-state index contributed by atoms with van der Waals surface area (Å²) < 4.78 is 26.2. The lowest BCUT2D eigenvalue weighted by atomic mass is 9.95. The largest absolute Gasteiger partial charge is 0.507 e. The Bertz CT molecular complexity index is 1850. The van der Waals surface area contributed by atoms with Gasteiger partial charge >= 0.3 is 5.91 Å². The first-order valence-corrected chi connectivity index (χ1v) is 13.9. The molecule has 1 saturated heterocycles. The normalized spacial score (nSPS) is 16.3. The highest BCUT2D eigenvalue weighted by Gasteiger charge is 2.48. The molecule has 1 aliphatic heterocycles. The van der Waals surface area contributed by atoms with Gasteiger partial charge in [-0.25, -0.2) is 9.37 Å². The molecule has 42 heavy (non-hydrogen) atoms. The topological polar surface area (TPSA) is 89.0 Å². The molecule has 6 rings (SSSR count). The van der Waals surface area contributed by atoms with Crippen LogP contribution in [0.3, 0.4) is 0 Å². The van der Waals surface area contributed by atoms with E-state index in [-0.39, 0.29) is 11.1 Å². The summed E-state index contributed by atoms with van der Waals surface area (Å²) in [4.78, 5) is 33.1. The molecule has 5 aromatic rings. The molecule has 1 fully saturated rings. The number of ether oxygens (including phenoxy) is 2. The fourth-order valence-electron chi connectivity index (χ4n) is 4.94. The Hall–Kier alpha value is -5.02. The van der Waals surface area contributed by atoms with Crippen molar-refractivity contribution in [3.8, 4) is 11.5 Å². The van der Waals surface area contributed by atoms with Gasteiger partial charge in [0.25, 0.3) is 5.78 Å². The number of Topliss-reactive ketones (excluding diaryl/α,β-unsaturated/α-hetero) is 1. The number of benzene rings is 4. The zero-order valence-electron chi connectivity index (χ0n) is 22.7. The number of thiazole rings is 1. The standard InChI is InChI=1S/C33H25FN2O5S/c1-19-8-14-24-27(16-19)42-33(35-24)36-29(28(31(38)32(36)39)30(37)21-9-12-23(34)13-10-21)22-11-15-25(26(17-22)40-2)41-18-20-6-4-3-5-7-20/h3-17,29,37H,18H2,1-2H3/b30-28+. The van der Waals surface area contributed by atoms with Gasteiger partial charge in [-0.2, -0.15) is 0 Å². The SMILES string of the molecule is COc1cc(C2/C(=C(\O)c3ccc(F)cc3)C(=O)C(=O)N2c2nc3ccc(C)cc3s2)ccc1OCc1ccccc1. The van der Waals surface area contributed by atoms with Crippen molar-refractivity contribution in [2.45, 2.75) is 19.6 Å². The van der Waals surface area contributed by atoms with Gasteiger partial charge in [-0.15, -0.1) is 0 Å². The van der Waals surface area contributed by atoms with E-state index >= 15 is 0 Å². The van der Waals surface area contributed by atoms with Crippen LogP contribution in [-0.2, 0) is 16.2 Å². The van der Waals surface area contributed by atoms with Crippen molar-refractivity contribution >= 4 is 44.1 Å². The van der Waals surface area contributed by atoms with E-state index in [4.69, 9.17) is 9.47 Å². The number of aromatic nitrogens is 1. The fourth-order valence-corrected chi connectivity index (χ4v) is 6.03. The molecule has 9 heteroatoms. The Morgan fingerprint density at radius 2 is 1.74 bits per heavy atom. The number of hydrogen-bond acceptors (Lipinski definition) is 7. The molecular formula is C33H25FN2O5S. The van der Waals surface area contributed by atoms with Gasteiger partial charge in [-0.1, -0.05) is 53.8 Å². The van der Waals surface area contributed by atoms with Crippen LogP contribution < -0.4 is 14.4 Å². The molecule has 210 valence electrons. The van der Waals surface area contributed by atoms with E-state index in [0.717, 1.165) is 15.8 Å². The number of methoxy groups -OCH3 is 1. The van der Waals surface area contributed by atoms with Gasteiger partial charge in [-0.3, -0.25) is 14.5 Å². The van der Waals surface area contributed by atoms with E-state index in [1.807, 2.05) is 55.5 Å². The minimum absolute atomic E-state index is 0.137. The molecule has 2 heterocycles. The molecule has 4 aromatic carbocycles. The van der Waals surface area contributed by atoms with Gasteiger partial charge < -0.3 is 14.6 Å². The third-order valence-corrected chi connectivity index (χ3v) is 8.06. The van der Waals surface area contributed by atoms with Crippen molar-refractivity contribution < 1.29 is 28.6 Å². The zero-order chi connectivity index (χ0) is 29.4. The molecule has 1 N–H and O–H groups in total. The van der Waals surface area contributed by atoms with Crippen LogP contribution in [0.5, 0.6) is 11.5 Å². The predicted octanol–water partition coefficient (Wildman–Crippen LogP) is 6.96. The highest BCUT2D eigenvalue weighted by atomic mass is 32.1. The molecule has 1 aromatic heterocycles. The van der Waals surface area contributed by atoms with Gasteiger partial charge in [-0.05, 0) is 72.1 Å². The number of ketones is 1. The molecule has 1 unspecified atom stereocenters. The lowest BCUT2D eigenvalue weighted by molar-refractivity contribution is -0.132. The van der Waals surface area contributed by atoms with Gasteiger partial charge in [0, 0.05) is 5.56 Å². The quantitative estimate of drug-likeness (QED) is 0.127. The number of carbonyl (C=O) groups is 2. The second-order valence-corrected chi connectivity index (χ2v) is 10.8. The summed E-state index contributed by atoms with van der Waals surface area (Å²) in [5, 5.41) is 11.7. The lowest BCUT2D eigenvalue weighted by Crippen LogP contribution is -2.29. The fraction of sp³-hybridized carbons (Fsp3) is 0.121. The minimum Gasteiger partial charge on any atom is -0.507 e. The summed E-state index contributed by atoms with van der Waals surface area (Å²) in [5.41, 5.74) is 3.25. The Balaban J connectivity index is 1.48. The van der Waals surface area contributed by atoms with Gasteiger partial charge in [0.1, 0.15) is 18.2 Å². The highest BCUT2D eigenvalue weighted by Crippen LogP contribution is 2.46. The number of amides is 1. The van der Waals surface area contributed by atoms with E-state index in [2.05, 4.69) is 4.98 Å². The molecule has 1 amide bonds. The monoisotopic (exact) mass is 580 g/mol. The first-order valence-electron chi connectivity index (χ1n) is 13.1. The summed E-state index contributed by atoms with van der Waals surface area (Å²) in [6.07, 6.45) is 0. The van der Waals surface area contributed by atoms with Crippen molar-refractivity contribution in [2.24, 2.45) is 0 Å². The molecule has 0 aliphatic carbocycles. The van der Waals surface area contributed by atoms with Gasteiger partial charge in [0.15, 0.2) is 16.6 Å². The Morgan fingerprint density at radius 1 is 0.976 bits per heavy atom. The maximum Gasteiger partial charge on any atom is 0.301 e. The van der Waals surface area contributed by atoms with E-state index in [1.54, 1.807) is 18.2 Å². The summed E-state index contributed by atoms with van der Waals surface area (Å²) in [5.74, 6) is -1.76. The van der Waals surface area contributed by atoms with E-state index in [1.165, 1.54) is 47.6 Å². The van der Waals surface area contributed by atoms with E-state index < -0.39 is 29.3 Å². The molecule has 7 nitrogen and oxygen atoms in total. The number of rotatable bonds is 7. The van der Waals surface area contributed by atoms with Gasteiger partial charge in [0.2, 0.25) is 0 Å². The number of aliphatic hydroxyl groups excluding tert-OH is 1. The van der Waals surface area contributed by atoms with Crippen molar-refractivity contribution in [1.82, 2.24) is 4.98 Å². The van der Waals surface area contributed by atoms with Crippen LogP contribution in [0.2, 0.25) is 0 Å². The molecule has 0 spiro atoms. The summed E-state index contributed by atoms with van der Waals surface area (Å²) in [7, 11) is 1.50. The van der Waals surface area contributed by atoms with Crippen molar-refractivity contribution in [3.05, 3.63) is 125 Å². The average molecular weight is 581 g/mol. The summed E-state index contributed by atoms with van der Waals surface area (Å²) >= 11 is 1.28. The number of halogens is 1. The van der Waals surface area contributed by atoms with E-state index in [9.17, 15) is 19.1 Å². The van der Waals surface area contributed by atoms with Crippen LogP contribution in [0.25, 0.3) is 16.0 Å². The third-order valence-electron chi connectivity index (χ3n) is 7.04. The Morgan fingerprint density at radius 3 is 2.48 bits per heavy atom. The lowest BCUT2D eigenvalue weighted by Gasteiger charge is -2.24. The van der Waals surface area contributed by atoms with Gasteiger partial charge in [0.05, 0.1) is 28.9 Å². The van der Waals surface area contributed by atoms with Crippen molar-refractivity contribution in [1.29, 1.82) is 0 Å². The van der Waals surface area contributed by atoms with Crippen LogP contribution in [0.15, 0.2) is 96.6 Å². The summed E-state index contributed by atoms with van der Waals surface area (Å²) in [6.45, 7) is 2.27. The maximum atomic E-state index is 13.7. The smallest absolute Gasteiger partial charge is 0.301 e. The van der Waals surface area contributed by atoms with Crippen LogP contribution in [0.1, 0.15) is 28.3 Å². The molecule has 0 radical (unpaired) electrons. The third kappa shape index (κ3) is 4.99. The number of aryl methyl sites for hydroxylation is 1. The number of fused-ring (bicyclic) bond motifs is 1. The van der Waals surface area contributed by atoms with Crippen LogP contribution in [0.4, 0.5) is 9.52 Å². The maximum absolute atomic E-state index is 13.7. The molecule has 1 aliphatic rings. The first-order chi connectivity index (χ1) is 20.3. The number of nitrogens with zero attached hydrogens (tertiary/aromatic N) is 2. The molecule has 1 atom stereocenters. The number of hydrogen-bond donors (Lipinski definition) is 1. The number of anilines is 1. The highest BCUT2D eigenvalue weighted by molar-refractivity contribution is 7.22. The van der Waals surface area contributed by atoms with Crippen LogP contribution >= 0.6 is 11.3 Å². The van der Waals surface area contributed by atoms with E-state index in [0.29, 0.717) is 34.3 Å². The predicted molar refractivity (Wildman–Crippen MR) is 159 cm³/mol. The zero-order valence-corrected chi connectivity index (χ0v) is 23.5. The molecular weight excluding hydrogens is 555 g/mol. The minimum atomic E-state index is -1.03. The van der Waals surface area contributed by atoms with Crippen molar-refractivity contribution in [2.75, 3.05) is 12.0 Å². The average Bonchev–Trinajstić information content (AvgIpc) is 3.53. The summed E-state index contributed by atoms with van der Waals surface area (Å²) in [6, 6.07) is 24.6. The number of aliphatic hydroxyl groups is 1. The second kappa shape index (κ2) is 11.1. The molecule has 0 saturated carbocycles. The first kappa shape index (κ1) is 27.2. The van der Waals surface area contributed by atoms with Crippen LogP contribution in [0, 0.1) is 12.7 Å².